The van der Waals surface area contributed by atoms with E-state index in [2.05, 4.69) is 10.1 Å². The molecule has 21 heavy (non-hydrogen) atoms. The van der Waals surface area contributed by atoms with E-state index in [4.69, 9.17) is 9.47 Å². The van der Waals surface area contributed by atoms with Gasteiger partial charge in [-0.05, 0) is 24.1 Å². The second-order valence-corrected chi connectivity index (χ2v) is 4.37. The highest BCUT2D eigenvalue weighted by atomic mass is 16.5. The minimum Gasteiger partial charge on any atom is -0.493 e. The second kappa shape index (κ2) is 8.84. The third kappa shape index (κ3) is 5.72. The Morgan fingerprint density at radius 3 is 2.38 bits per heavy atom. The Morgan fingerprint density at radius 1 is 1.05 bits per heavy atom. The molecule has 0 saturated carbocycles. The van der Waals surface area contributed by atoms with E-state index >= 15 is 0 Å². The highest BCUT2D eigenvalue weighted by molar-refractivity contribution is 5.81. The van der Waals surface area contributed by atoms with Crippen molar-refractivity contribution in [2.75, 3.05) is 27.9 Å². The Bertz CT molecular complexity index is 487. The molecule has 6 heteroatoms. The number of ether oxygens (including phenoxy) is 3. The molecule has 0 aliphatic heterocycles. The van der Waals surface area contributed by atoms with Gasteiger partial charge in [-0.15, -0.1) is 0 Å². The summed E-state index contributed by atoms with van der Waals surface area (Å²) < 4.78 is 14.9. The quantitative estimate of drug-likeness (QED) is 0.732. The molecule has 0 aliphatic carbocycles. The molecule has 0 spiro atoms. The molecule has 1 aromatic carbocycles. The number of methoxy groups -OCH3 is 3. The lowest BCUT2D eigenvalue weighted by Crippen LogP contribution is -2.26. The van der Waals surface area contributed by atoms with Crippen molar-refractivity contribution in [1.82, 2.24) is 5.32 Å². The van der Waals surface area contributed by atoms with Crippen molar-refractivity contribution >= 4 is 11.9 Å². The van der Waals surface area contributed by atoms with Gasteiger partial charge >= 0.3 is 5.97 Å². The van der Waals surface area contributed by atoms with Crippen LogP contribution in [-0.2, 0) is 20.7 Å². The number of benzene rings is 1. The third-order valence-electron chi connectivity index (χ3n) is 2.97. The molecule has 1 rings (SSSR count). The van der Waals surface area contributed by atoms with Crippen LogP contribution in [0.3, 0.4) is 0 Å². The third-order valence-corrected chi connectivity index (χ3v) is 2.97. The molecule has 1 N–H and O–H groups in total. The van der Waals surface area contributed by atoms with Crippen molar-refractivity contribution in [3.05, 3.63) is 23.8 Å². The average Bonchev–Trinajstić information content (AvgIpc) is 2.52. The molecule has 6 nitrogen and oxygen atoms in total. The van der Waals surface area contributed by atoms with E-state index in [1.807, 2.05) is 18.2 Å². The zero-order chi connectivity index (χ0) is 15.7. The lowest BCUT2D eigenvalue weighted by Gasteiger charge is -2.10. The smallest absolute Gasteiger partial charge is 0.306 e. The first-order valence-corrected chi connectivity index (χ1v) is 6.65. The average molecular weight is 295 g/mol. The van der Waals surface area contributed by atoms with Crippen LogP contribution in [0.1, 0.15) is 18.4 Å². The first kappa shape index (κ1) is 16.8. The van der Waals surface area contributed by atoms with Gasteiger partial charge in [0, 0.05) is 13.0 Å². The van der Waals surface area contributed by atoms with Crippen LogP contribution < -0.4 is 14.8 Å². The molecule has 0 aromatic heterocycles. The van der Waals surface area contributed by atoms with Gasteiger partial charge < -0.3 is 19.5 Å². The van der Waals surface area contributed by atoms with E-state index in [0.717, 1.165) is 5.56 Å². The summed E-state index contributed by atoms with van der Waals surface area (Å²) in [6, 6.07) is 5.62. The maximum Gasteiger partial charge on any atom is 0.306 e. The van der Waals surface area contributed by atoms with Crippen LogP contribution >= 0.6 is 0 Å². The number of nitrogens with one attached hydrogen (secondary N) is 1. The fraction of sp³-hybridized carbons (Fsp3) is 0.467. The van der Waals surface area contributed by atoms with Crippen molar-refractivity contribution in [3.8, 4) is 11.5 Å². The summed E-state index contributed by atoms with van der Waals surface area (Å²) in [5.74, 6) is 0.779. The molecular weight excluding hydrogens is 274 g/mol. The minimum atomic E-state index is -0.384. The molecule has 0 atom stereocenters. The number of hydrogen-bond donors (Lipinski definition) is 1. The number of rotatable bonds is 8. The first-order valence-electron chi connectivity index (χ1n) is 6.65. The standard InChI is InChI=1S/C15H21NO5/c1-19-12-5-4-11(10-13(12)20-2)8-9-16-14(17)6-7-15(18)21-3/h4-5,10H,6-9H2,1-3H3,(H,16,17). The summed E-state index contributed by atoms with van der Waals surface area (Å²) in [6.45, 7) is 0.496. The summed E-state index contributed by atoms with van der Waals surface area (Å²) in [4.78, 5) is 22.4. The van der Waals surface area contributed by atoms with Gasteiger partial charge in [0.2, 0.25) is 5.91 Å². The summed E-state index contributed by atoms with van der Waals surface area (Å²) in [6.07, 6.45) is 0.904. The minimum absolute atomic E-state index is 0.0959. The van der Waals surface area contributed by atoms with Crippen molar-refractivity contribution in [1.29, 1.82) is 0 Å². The SMILES string of the molecule is COC(=O)CCC(=O)NCCc1ccc(OC)c(OC)c1. The Hall–Kier alpha value is -2.24. The van der Waals surface area contributed by atoms with Gasteiger partial charge in [-0.3, -0.25) is 9.59 Å². The van der Waals surface area contributed by atoms with Gasteiger partial charge in [0.05, 0.1) is 27.8 Å². The highest BCUT2D eigenvalue weighted by Crippen LogP contribution is 2.27. The van der Waals surface area contributed by atoms with Crippen LogP contribution in [-0.4, -0.2) is 39.8 Å². The van der Waals surface area contributed by atoms with Crippen molar-refractivity contribution in [2.45, 2.75) is 19.3 Å². The number of amides is 1. The van der Waals surface area contributed by atoms with Gasteiger partial charge in [-0.1, -0.05) is 6.07 Å². The Kier molecular flexibility index (Phi) is 7.08. The zero-order valence-electron chi connectivity index (χ0n) is 12.6. The van der Waals surface area contributed by atoms with E-state index in [1.54, 1.807) is 14.2 Å². The van der Waals surface area contributed by atoms with Crippen LogP contribution in [0.5, 0.6) is 11.5 Å². The van der Waals surface area contributed by atoms with Crippen molar-refractivity contribution in [3.63, 3.8) is 0 Å². The second-order valence-electron chi connectivity index (χ2n) is 4.37. The molecule has 0 radical (unpaired) electrons. The predicted molar refractivity (Wildman–Crippen MR) is 77.5 cm³/mol. The van der Waals surface area contributed by atoms with Gasteiger partial charge in [0.1, 0.15) is 0 Å². The molecule has 0 heterocycles. The fourth-order valence-electron chi connectivity index (χ4n) is 1.79. The molecule has 0 saturated heterocycles. The van der Waals surface area contributed by atoms with Crippen LogP contribution in [0.4, 0.5) is 0 Å². The zero-order valence-corrected chi connectivity index (χ0v) is 12.6. The molecule has 1 amide bonds. The van der Waals surface area contributed by atoms with E-state index in [9.17, 15) is 9.59 Å². The van der Waals surface area contributed by atoms with Crippen LogP contribution in [0, 0.1) is 0 Å². The number of carbonyl (C=O) groups is 2. The number of hydrogen-bond acceptors (Lipinski definition) is 5. The van der Waals surface area contributed by atoms with Crippen LogP contribution in [0.2, 0.25) is 0 Å². The monoisotopic (exact) mass is 295 g/mol. The fourth-order valence-corrected chi connectivity index (χ4v) is 1.79. The predicted octanol–water partition coefficient (Wildman–Crippen LogP) is 1.32. The summed E-state index contributed by atoms with van der Waals surface area (Å²) >= 11 is 0. The molecule has 1 aromatic rings. The van der Waals surface area contributed by atoms with Gasteiger partial charge in [0.15, 0.2) is 11.5 Å². The molecule has 116 valence electrons. The molecule has 0 bridgehead atoms. The first-order chi connectivity index (χ1) is 10.1. The van der Waals surface area contributed by atoms with Crippen molar-refractivity contribution in [2.24, 2.45) is 0 Å². The molecule has 0 fully saturated rings. The molecule has 0 unspecified atom stereocenters. The maximum atomic E-state index is 11.5. The van der Waals surface area contributed by atoms with E-state index in [-0.39, 0.29) is 24.7 Å². The van der Waals surface area contributed by atoms with Crippen molar-refractivity contribution < 1.29 is 23.8 Å². The van der Waals surface area contributed by atoms with Gasteiger partial charge in [-0.2, -0.15) is 0 Å². The van der Waals surface area contributed by atoms with E-state index in [1.165, 1.54) is 7.11 Å². The van der Waals surface area contributed by atoms with Crippen LogP contribution in [0.15, 0.2) is 18.2 Å². The number of carbonyl (C=O) groups excluding carboxylic acids is 2. The lowest BCUT2D eigenvalue weighted by atomic mass is 10.1. The topological polar surface area (TPSA) is 73.9 Å². The lowest BCUT2D eigenvalue weighted by molar-refractivity contribution is -0.142. The van der Waals surface area contributed by atoms with Gasteiger partial charge in [-0.25, -0.2) is 0 Å². The maximum absolute atomic E-state index is 11.5. The Balaban J connectivity index is 2.38. The van der Waals surface area contributed by atoms with E-state index < -0.39 is 0 Å². The van der Waals surface area contributed by atoms with E-state index in [0.29, 0.717) is 24.5 Å². The summed E-state index contributed by atoms with van der Waals surface area (Å²) in [5, 5.41) is 2.76. The molecule has 0 aliphatic rings. The summed E-state index contributed by atoms with van der Waals surface area (Å²) in [7, 11) is 4.46. The molecular formula is C15H21NO5. The number of esters is 1. The van der Waals surface area contributed by atoms with Crippen LogP contribution in [0.25, 0.3) is 0 Å². The largest absolute Gasteiger partial charge is 0.493 e. The van der Waals surface area contributed by atoms with Gasteiger partial charge in [0.25, 0.3) is 0 Å². The summed E-state index contributed by atoms with van der Waals surface area (Å²) in [5.41, 5.74) is 1.03. The Morgan fingerprint density at radius 2 is 1.76 bits per heavy atom. The highest BCUT2D eigenvalue weighted by Gasteiger charge is 2.07. The normalized spacial score (nSPS) is 9.86. The Labute approximate surface area is 124 Å².